The van der Waals surface area contributed by atoms with Crippen molar-refractivity contribution >= 4 is 50.0 Å². The summed E-state index contributed by atoms with van der Waals surface area (Å²) in [6.07, 6.45) is 1.54. The molecule has 0 bridgehead atoms. The van der Waals surface area contributed by atoms with E-state index < -0.39 is 18.5 Å². The fourth-order valence-electron chi connectivity index (χ4n) is 4.15. The number of nitrogens with one attached hydrogen (secondary N) is 1. The summed E-state index contributed by atoms with van der Waals surface area (Å²) in [4.78, 5) is 34.8. The molecule has 0 saturated heterocycles. The monoisotopic (exact) mass is 519 g/mol. The third kappa shape index (κ3) is 4.77. The molecule has 0 aliphatic rings. The van der Waals surface area contributed by atoms with Crippen LogP contribution in [0.2, 0.25) is 0 Å². The van der Waals surface area contributed by atoms with E-state index in [9.17, 15) is 9.59 Å². The van der Waals surface area contributed by atoms with E-state index in [4.69, 9.17) is 14.1 Å². The highest BCUT2D eigenvalue weighted by molar-refractivity contribution is 7.21. The maximum absolute atomic E-state index is 13.0. The van der Waals surface area contributed by atoms with Gasteiger partial charge in [0.15, 0.2) is 12.4 Å². The fraction of sp³-hybridized carbons (Fsp3) is 0.0667. The lowest BCUT2D eigenvalue weighted by Crippen LogP contribution is -2.21. The van der Waals surface area contributed by atoms with Gasteiger partial charge in [-0.2, -0.15) is 0 Å². The van der Waals surface area contributed by atoms with Crippen LogP contribution in [0.1, 0.15) is 15.9 Å². The van der Waals surface area contributed by atoms with Gasteiger partial charge in [0.25, 0.3) is 5.91 Å². The van der Waals surface area contributed by atoms with Crippen LogP contribution >= 0.6 is 11.3 Å². The molecule has 1 N–H and O–H groups in total. The number of ether oxygens (including phenoxy) is 1. The topological polar surface area (TPSA) is 94.3 Å². The smallest absolute Gasteiger partial charge is 0.339 e. The number of amides is 1. The molecule has 6 aromatic rings. The SMILES string of the molecule is Cc1ccc2nc(-c3ccc(NC(=O)COC(=O)c4cc(-c5ccco5)nc5ccccc45)cc3)sc2c1. The van der Waals surface area contributed by atoms with Gasteiger partial charge in [0.1, 0.15) is 10.7 Å². The van der Waals surface area contributed by atoms with E-state index in [1.165, 1.54) is 5.56 Å². The Labute approximate surface area is 221 Å². The third-order valence-corrected chi connectivity index (χ3v) is 7.07. The number of hydrogen-bond donors (Lipinski definition) is 1. The minimum atomic E-state index is -0.618. The third-order valence-electron chi connectivity index (χ3n) is 6.00. The number of carbonyl (C=O) groups is 2. The van der Waals surface area contributed by atoms with Crippen molar-refractivity contribution in [3.05, 3.63) is 102 Å². The van der Waals surface area contributed by atoms with Gasteiger partial charge in [-0.15, -0.1) is 11.3 Å². The zero-order valence-electron chi connectivity index (χ0n) is 20.3. The van der Waals surface area contributed by atoms with Crippen LogP contribution in [0.25, 0.3) is 43.1 Å². The van der Waals surface area contributed by atoms with Crippen LogP contribution in [0.4, 0.5) is 5.69 Å². The maximum atomic E-state index is 13.0. The van der Waals surface area contributed by atoms with Gasteiger partial charge in [-0.3, -0.25) is 4.79 Å². The van der Waals surface area contributed by atoms with Crippen molar-refractivity contribution < 1.29 is 18.7 Å². The number of hydrogen-bond acceptors (Lipinski definition) is 7. The van der Waals surface area contributed by atoms with Gasteiger partial charge in [0.05, 0.1) is 27.6 Å². The first-order chi connectivity index (χ1) is 18.5. The Kier molecular flexibility index (Phi) is 6.15. The minimum Gasteiger partial charge on any atom is -0.463 e. The molecule has 0 saturated carbocycles. The lowest BCUT2D eigenvalue weighted by atomic mass is 10.1. The number of thiazole rings is 1. The molecule has 1 amide bonds. The Balaban J connectivity index is 1.13. The second kappa shape index (κ2) is 9.91. The summed E-state index contributed by atoms with van der Waals surface area (Å²) in [7, 11) is 0. The number of anilines is 1. The van der Waals surface area contributed by atoms with Gasteiger partial charge < -0.3 is 14.5 Å². The summed E-state index contributed by atoms with van der Waals surface area (Å²) in [6, 6.07) is 26.0. The van der Waals surface area contributed by atoms with E-state index in [-0.39, 0.29) is 0 Å². The van der Waals surface area contributed by atoms with Crippen LogP contribution in [0.3, 0.4) is 0 Å². The van der Waals surface area contributed by atoms with Crippen LogP contribution in [-0.2, 0) is 9.53 Å². The molecule has 0 fully saturated rings. The van der Waals surface area contributed by atoms with Gasteiger partial charge in [-0.05, 0) is 73.2 Å². The van der Waals surface area contributed by atoms with Crippen LogP contribution in [-0.4, -0.2) is 28.5 Å². The first kappa shape index (κ1) is 23.6. The van der Waals surface area contributed by atoms with Gasteiger partial charge in [0, 0.05) is 16.6 Å². The Morgan fingerprint density at radius 1 is 0.921 bits per heavy atom. The average molecular weight is 520 g/mol. The summed E-state index contributed by atoms with van der Waals surface area (Å²) in [5.41, 5.74) is 5.17. The van der Waals surface area contributed by atoms with E-state index in [2.05, 4.69) is 23.3 Å². The van der Waals surface area contributed by atoms with Crippen LogP contribution in [0.5, 0.6) is 0 Å². The molecule has 3 aromatic carbocycles. The van der Waals surface area contributed by atoms with Gasteiger partial charge >= 0.3 is 5.97 Å². The highest BCUT2D eigenvalue weighted by atomic mass is 32.1. The predicted molar refractivity (Wildman–Crippen MR) is 148 cm³/mol. The zero-order chi connectivity index (χ0) is 26.1. The van der Waals surface area contributed by atoms with Gasteiger partial charge in [-0.25, -0.2) is 14.8 Å². The highest BCUT2D eigenvalue weighted by Gasteiger charge is 2.17. The zero-order valence-corrected chi connectivity index (χ0v) is 21.1. The molecular weight excluding hydrogens is 498 g/mol. The average Bonchev–Trinajstić information content (AvgIpc) is 3.62. The first-order valence-corrected chi connectivity index (χ1v) is 12.7. The van der Waals surface area contributed by atoms with Crippen molar-refractivity contribution in [3.63, 3.8) is 0 Å². The Bertz CT molecular complexity index is 1790. The summed E-state index contributed by atoms with van der Waals surface area (Å²) in [6.45, 7) is 1.63. The predicted octanol–water partition coefficient (Wildman–Crippen LogP) is 6.88. The van der Waals surface area contributed by atoms with Gasteiger partial charge in [-0.1, -0.05) is 24.3 Å². The molecule has 38 heavy (non-hydrogen) atoms. The largest absolute Gasteiger partial charge is 0.463 e. The number of rotatable bonds is 6. The van der Waals surface area contributed by atoms with Crippen molar-refractivity contribution in [2.24, 2.45) is 0 Å². The molecule has 0 aliphatic carbocycles. The van der Waals surface area contributed by atoms with E-state index in [0.29, 0.717) is 33.6 Å². The van der Waals surface area contributed by atoms with E-state index in [1.54, 1.807) is 54.0 Å². The highest BCUT2D eigenvalue weighted by Crippen LogP contribution is 2.31. The number of fused-ring (bicyclic) bond motifs is 2. The minimum absolute atomic E-state index is 0.310. The number of benzene rings is 3. The standard InChI is InChI=1S/C30H21N3O4S/c1-18-8-13-24-27(15-18)38-29(33-24)19-9-11-20(12-10-19)31-28(34)17-37-30(35)22-16-25(26-7-4-14-36-26)32-23-6-3-2-5-21(22)23/h2-16H,17H2,1H3,(H,31,34). The van der Waals surface area contributed by atoms with Crippen molar-refractivity contribution in [1.29, 1.82) is 0 Å². The molecular formula is C30H21N3O4S. The number of esters is 1. The lowest BCUT2D eigenvalue weighted by molar-refractivity contribution is -0.119. The Morgan fingerprint density at radius 3 is 2.58 bits per heavy atom. The van der Waals surface area contributed by atoms with E-state index in [1.807, 2.05) is 42.5 Å². The summed E-state index contributed by atoms with van der Waals surface area (Å²) in [5.74, 6) is -0.522. The molecule has 0 radical (unpaired) electrons. The normalized spacial score (nSPS) is 11.1. The van der Waals surface area contributed by atoms with Crippen molar-refractivity contribution in [2.45, 2.75) is 6.92 Å². The van der Waals surface area contributed by atoms with Crippen molar-refractivity contribution in [1.82, 2.24) is 9.97 Å². The van der Waals surface area contributed by atoms with Crippen molar-refractivity contribution in [2.75, 3.05) is 11.9 Å². The van der Waals surface area contributed by atoms with Gasteiger partial charge in [0.2, 0.25) is 0 Å². The number of nitrogens with zero attached hydrogens (tertiary/aromatic N) is 2. The van der Waals surface area contributed by atoms with Crippen LogP contribution in [0, 0.1) is 6.92 Å². The summed E-state index contributed by atoms with van der Waals surface area (Å²) < 4.78 is 11.9. The number of aryl methyl sites for hydroxylation is 1. The van der Waals surface area contributed by atoms with E-state index >= 15 is 0 Å². The summed E-state index contributed by atoms with van der Waals surface area (Å²) in [5, 5.41) is 4.32. The molecule has 0 unspecified atom stereocenters. The number of para-hydroxylation sites is 1. The molecule has 7 nitrogen and oxygen atoms in total. The van der Waals surface area contributed by atoms with Crippen molar-refractivity contribution in [3.8, 4) is 22.0 Å². The molecule has 0 atom stereocenters. The molecule has 0 spiro atoms. The molecule has 186 valence electrons. The molecule has 8 heteroatoms. The second-order valence-electron chi connectivity index (χ2n) is 8.74. The second-order valence-corrected chi connectivity index (χ2v) is 9.77. The first-order valence-electron chi connectivity index (χ1n) is 11.9. The molecule has 3 aromatic heterocycles. The molecule has 0 aliphatic heterocycles. The Hall–Kier alpha value is -4.82. The van der Waals surface area contributed by atoms with Crippen LogP contribution in [0.15, 0.2) is 95.6 Å². The quantitative estimate of drug-likeness (QED) is 0.241. The number of pyridine rings is 1. The summed E-state index contributed by atoms with van der Waals surface area (Å²) >= 11 is 1.63. The number of carbonyl (C=O) groups excluding carboxylic acids is 2. The lowest BCUT2D eigenvalue weighted by Gasteiger charge is -2.10. The molecule has 3 heterocycles. The fourth-order valence-corrected chi connectivity index (χ4v) is 5.22. The number of aromatic nitrogens is 2. The maximum Gasteiger partial charge on any atom is 0.339 e. The Morgan fingerprint density at radius 2 is 1.76 bits per heavy atom. The molecule has 6 rings (SSSR count). The number of furan rings is 1. The van der Waals surface area contributed by atoms with E-state index in [0.717, 1.165) is 20.8 Å². The van der Waals surface area contributed by atoms with Crippen LogP contribution < -0.4 is 5.32 Å².